The fourth-order valence-corrected chi connectivity index (χ4v) is 4.74. The Hall–Kier alpha value is -3.50. The van der Waals surface area contributed by atoms with Gasteiger partial charge in [0.2, 0.25) is 0 Å². The van der Waals surface area contributed by atoms with Crippen molar-refractivity contribution in [3.8, 4) is 16.3 Å². The Kier molecular flexibility index (Phi) is 6.18. The molecule has 0 spiro atoms. The van der Waals surface area contributed by atoms with Crippen LogP contribution in [0.15, 0.2) is 72.5 Å². The fourth-order valence-electron chi connectivity index (χ4n) is 3.50. The van der Waals surface area contributed by atoms with Crippen molar-refractivity contribution in [3.05, 3.63) is 84.0 Å². The van der Waals surface area contributed by atoms with E-state index in [1.807, 2.05) is 71.6 Å². The first-order valence-corrected chi connectivity index (χ1v) is 12.7. The average molecular weight is 476 g/mol. The Morgan fingerprint density at radius 1 is 1.15 bits per heavy atom. The molecule has 1 unspecified atom stereocenters. The number of rotatable bonds is 8. The van der Waals surface area contributed by atoms with Crippen LogP contribution in [0.1, 0.15) is 28.8 Å². The van der Waals surface area contributed by atoms with E-state index in [2.05, 4.69) is 25.6 Å². The fraction of sp³-hybridized carbons (Fsp3) is 0.174. The molecule has 0 saturated carbocycles. The SMILES string of the molecule is CSCCC(NC(=O)c1csc(-c2cnn(-c3ccccc3)c2)n1)c1nnc2ccccn12. The minimum absolute atomic E-state index is 0.230. The molecule has 0 saturated heterocycles. The van der Waals surface area contributed by atoms with Crippen molar-refractivity contribution in [3.63, 3.8) is 0 Å². The van der Waals surface area contributed by atoms with Crippen LogP contribution < -0.4 is 5.32 Å². The van der Waals surface area contributed by atoms with Gasteiger partial charge in [-0.1, -0.05) is 24.3 Å². The quantitative estimate of drug-likeness (QED) is 0.361. The van der Waals surface area contributed by atoms with Gasteiger partial charge in [-0.05, 0) is 42.7 Å². The Bertz CT molecular complexity index is 1380. The monoisotopic (exact) mass is 475 g/mol. The maximum Gasteiger partial charge on any atom is 0.271 e. The van der Waals surface area contributed by atoms with Crippen LogP contribution in [0.25, 0.3) is 21.9 Å². The molecular weight excluding hydrogens is 454 g/mol. The molecule has 0 aliphatic heterocycles. The summed E-state index contributed by atoms with van der Waals surface area (Å²) in [5.41, 5.74) is 2.97. The van der Waals surface area contributed by atoms with Gasteiger partial charge < -0.3 is 5.32 Å². The van der Waals surface area contributed by atoms with Crippen LogP contribution in [-0.4, -0.2) is 47.3 Å². The molecule has 0 fully saturated rings. The maximum absolute atomic E-state index is 13.1. The lowest BCUT2D eigenvalue weighted by atomic mass is 10.2. The van der Waals surface area contributed by atoms with Gasteiger partial charge >= 0.3 is 0 Å². The average Bonchev–Trinajstić information content (AvgIpc) is 3.61. The van der Waals surface area contributed by atoms with Crippen molar-refractivity contribution < 1.29 is 4.79 Å². The first-order chi connectivity index (χ1) is 16.2. The molecule has 1 N–H and O–H groups in total. The molecule has 10 heteroatoms. The number of fused-ring (bicyclic) bond motifs is 1. The molecule has 4 aromatic heterocycles. The second-order valence-corrected chi connectivity index (χ2v) is 9.19. The van der Waals surface area contributed by atoms with Crippen LogP contribution in [0.3, 0.4) is 0 Å². The molecule has 8 nitrogen and oxygen atoms in total. The number of benzene rings is 1. The Balaban J connectivity index is 1.35. The van der Waals surface area contributed by atoms with Gasteiger partial charge in [0, 0.05) is 23.3 Å². The van der Waals surface area contributed by atoms with E-state index < -0.39 is 0 Å². The lowest BCUT2D eigenvalue weighted by Crippen LogP contribution is -2.30. The number of thiazole rings is 1. The summed E-state index contributed by atoms with van der Waals surface area (Å²) in [5.74, 6) is 1.37. The summed E-state index contributed by atoms with van der Waals surface area (Å²) in [4.78, 5) is 17.6. The van der Waals surface area contributed by atoms with Crippen molar-refractivity contribution in [1.82, 2.24) is 34.7 Å². The summed E-state index contributed by atoms with van der Waals surface area (Å²) < 4.78 is 3.71. The van der Waals surface area contributed by atoms with Gasteiger partial charge in [-0.3, -0.25) is 9.20 Å². The maximum atomic E-state index is 13.1. The van der Waals surface area contributed by atoms with Gasteiger partial charge in [-0.2, -0.15) is 16.9 Å². The summed E-state index contributed by atoms with van der Waals surface area (Å²) in [7, 11) is 0. The first kappa shape index (κ1) is 21.4. The van der Waals surface area contributed by atoms with E-state index in [0.717, 1.165) is 34.1 Å². The molecule has 1 aromatic carbocycles. The number of nitrogens with one attached hydrogen (secondary N) is 1. The third kappa shape index (κ3) is 4.53. The van der Waals surface area contributed by atoms with E-state index in [4.69, 9.17) is 0 Å². The van der Waals surface area contributed by atoms with Gasteiger partial charge in [-0.15, -0.1) is 21.5 Å². The highest BCUT2D eigenvalue weighted by Crippen LogP contribution is 2.25. The van der Waals surface area contributed by atoms with Crippen molar-refractivity contribution >= 4 is 34.7 Å². The van der Waals surface area contributed by atoms with Crippen LogP contribution in [0.4, 0.5) is 0 Å². The summed E-state index contributed by atoms with van der Waals surface area (Å²) in [5, 5.41) is 18.6. The molecule has 0 aliphatic carbocycles. The highest BCUT2D eigenvalue weighted by molar-refractivity contribution is 7.98. The Morgan fingerprint density at radius 2 is 2.00 bits per heavy atom. The summed E-state index contributed by atoms with van der Waals surface area (Å²) in [6.45, 7) is 0. The van der Waals surface area contributed by atoms with Gasteiger partial charge in [0.1, 0.15) is 10.7 Å². The summed E-state index contributed by atoms with van der Waals surface area (Å²) >= 11 is 3.15. The van der Waals surface area contributed by atoms with Crippen molar-refractivity contribution in [2.45, 2.75) is 12.5 Å². The van der Waals surface area contributed by atoms with Crippen molar-refractivity contribution in [2.24, 2.45) is 0 Å². The minimum atomic E-state index is -0.270. The molecule has 4 heterocycles. The van der Waals surface area contributed by atoms with E-state index in [-0.39, 0.29) is 11.9 Å². The van der Waals surface area contributed by atoms with Crippen molar-refractivity contribution in [1.29, 1.82) is 0 Å². The number of aromatic nitrogens is 6. The zero-order chi connectivity index (χ0) is 22.6. The number of amides is 1. The van der Waals surface area contributed by atoms with Gasteiger partial charge in [0.15, 0.2) is 11.5 Å². The van der Waals surface area contributed by atoms with Crippen LogP contribution >= 0.6 is 23.1 Å². The normalized spacial score (nSPS) is 12.2. The second-order valence-electron chi connectivity index (χ2n) is 7.34. The highest BCUT2D eigenvalue weighted by atomic mass is 32.2. The molecule has 5 rings (SSSR count). The lowest BCUT2D eigenvalue weighted by molar-refractivity contribution is 0.0929. The first-order valence-electron chi connectivity index (χ1n) is 10.4. The number of thioether (sulfide) groups is 1. The molecule has 0 aliphatic rings. The molecule has 5 aromatic rings. The molecule has 1 amide bonds. The summed E-state index contributed by atoms with van der Waals surface area (Å²) in [6, 6.07) is 15.3. The van der Waals surface area contributed by atoms with E-state index in [0.29, 0.717) is 11.5 Å². The number of carbonyl (C=O) groups excluding carboxylic acids is 1. The van der Waals surface area contributed by atoms with Gasteiger partial charge in [-0.25, -0.2) is 9.67 Å². The van der Waals surface area contributed by atoms with E-state index in [1.165, 1.54) is 11.3 Å². The number of pyridine rings is 1. The Labute approximate surface area is 198 Å². The molecular formula is C23H21N7OS2. The number of hydrogen-bond donors (Lipinski definition) is 1. The van der Waals surface area contributed by atoms with Gasteiger partial charge in [0.25, 0.3) is 5.91 Å². The predicted octanol–water partition coefficient (Wildman–Crippen LogP) is 4.26. The number of hydrogen-bond acceptors (Lipinski definition) is 7. The topological polar surface area (TPSA) is 90.0 Å². The second kappa shape index (κ2) is 9.55. The zero-order valence-corrected chi connectivity index (χ0v) is 19.5. The van der Waals surface area contributed by atoms with Crippen molar-refractivity contribution in [2.75, 3.05) is 12.0 Å². The molecule has 166 valence electrons. The Morgan fingerprint density at radius 3 is 2.85 bits per heavy atom. The van der Waals surface area contributed by atoms with Gasteiger partial charge in [0.05, 0.1) is 17.9 Å². The zero-order valence-electron chi connectivity index (χ0n) is 17.8. The van der Waals surface area contributed by atoms with Crippen LogP contribution in [0, 0.1) is 0 Å². The van der Waals surface area contributed by atoms with Crippen LogP contribution in [0.2, 0.25) is 0 Å². The standard InChI is InChI=1S/C23H21N7OS2/c1-32-12-10-18(21-28-27-20-9-5-6-11-29(20)21)25-22(31)19-15-33-23(26-19)16-13-24-30(14-16)17-7-3-2-4-8-17/h2-9,11,13-15,18H,10,12H2,1H3,(H,25,31). The third-order valence-corrected chi connectivity index (χ3v) is 6.69. The van der Waals surface area contributed by atoms with Crippen LogP contribution in [0.5, 0.6) is 0 Å². The number of carbonyl (C=O) groups is 1. The number of nitrogens with zero attached hydrogens (tertiary/aromatic N) is 6. The predicted molar refractivity (Wildman–Crippen MR) is 131 cm³/mol. The molecule has 33 heavy (non-hydrogen) atoms. The largest absolute Gasteiger partial charge is 0.341 e. The smallest absolute Gasteiger partial charge is 0.271 e. The van der Waals surface area contributed by atoms with E-state index >= 15 is 0 Å². The van der Waals surface area contributed by atoms with E-state index in [9.17, 15) is 4.79 Å². The molecule has 0 bridgehead atoms. The van der Waals surface area contributed by atoms with Crippen LogP contribution in [-0.2, 0) is 0 Å². The lowest BCUT2D eigenvalue weighted by Gasteiger charge is -2.16. The number of para-hydroxylation sites is 1. The van der Waals surface area contributed by atoms with E-state index in [1.54, 1.807) is 28.0 Å². The molecule has 1 atom stereocenters. The highest BCUT2D eigenvalue weighted by Gasteiger charge is 2.22. The summed E-state index contributed by atoms with van der Waals surface area (Å²) in [6.07, 6.45) is 8.37. The minimum Gasteiger partial charge on any atom is -0.341 e. The third-order valence-electron chi connectivity index (χ3n) is 5.15. The molecule has 0 radical (unpaired) electrons.